The second-order valence-corrected chi connectivity index (χ2v) is 9.86. The van der Waals surface area contributed by atoms with Crippen molar-refractivity contribution in [2.45, 2.75) is 71.0 Å². The van der Waals surface area contributed by atoms with Crippen LogP contribution in [0.25, 0.3) is 0 Å². The van der Waals surface area contributed by atoms with E-state index < -0.39 is 0 Å². The van der Waals surface area contributed by atoms with Gasteiger partial charge in [0.05, 0.1) is 0 Å². The number of carbonyl (C=O) groups excluding carboxylic acids is 1. The summed E-state index contributed by atoms with van der Waals surface area (Å²) in [5, 5.41) is 3.02. The van der Waals surface area contributed by atoms with Gasteiger partial charge in [0.15, 0.2) is 0 Å². The zero-order valence-corrected chi connectivity index (χ0v) is 21.0. The molecular weight excluding hydrogens is 424 g/mol. The van der Waals surface area contributed by atoms with Crippen molar-refractivity contribution < 1.29 is 4.79 Å². The molecule has 4 rings (SSSR count). The van der Waals surface area contributed by atoms with Crippen LogP contribution in [-0.4, -0.2) is 48.5 Å². The Kier molecular flexibility index (Phi) is 7.57. The predicted octanol–water partition coefficient (Wildman–Crippen LogP) is 3.97. The molecule has 2 aromatic rings. The molecule has 34 heavy (non-hydrogen) atoms. The van der Waals surface area contributed by atoms with Crippen LogP contribution < -0.4 is 15.8 Å². The van der Waals surface area contributed by atoms with Crippen LogP contribution in [0.4, 0.5) is 5.69 Å². The number of allylic oxidation sites excluding steroid dienone is 2. The van der Waals surface area contributed by atoms with Crippen LogP contribution in [0.15, 0.2) is 41.2 Å². The second kappa shape index (κ2) is 10.6. The van der Waals surface area contributed by atoms with Crippen LogP contribution in [0.2, 0.25) is 0 Å². The molecule has 1 amide bonds. The molecule has 2 heterocycles. The van der Waals surface area contributed by atoms with E-state index in [2.05, 4.69) is 59.3 Å². The van der Waals surface area contributed by atoms with Crippen molar-refractivity contribution in [1.82, 2.24) is 15.2 Å². The van der Waals surface area contributed by atoms with E-state index >= 15 is 0 Å². The maximum absolute atomic E-state index is 13.3. The van der Waals surface area contributed by atoms with E-state index in [1.807, 2.05) is 25.1 Å². The minimum atomic E-state index is -0.123. The monoisotopic (exact) mass is 462 g/mol. The summed E-state index contributed by atoms with van der Waals surface area (Å²) < 4.78 is 0. The summed E-state index contributed by atoms with van der Waals surface area (Å²) in [6.45, 7) is 5.25. The van der Waals surface area contributed by atoms with Gasteiger partial charge < -0.3 is 20.1 Å². The average Bonchev–Trinajstić information content (AvgIpc) is 2.84. The summed E-state index contributed by atoms with van der Waals surface area (Å²) in [7, 11) is 4.35. The third-order valence-electron chi connectivity index (χ3n) is 7.50. The summed E-state index contributed by atoms with van der Waals surface area (Å²) in [5.74, 6) is -0.120. The number of nitrogens with zero attached hydrogens (tertiary/aromatic N) is 2. The Morgan fingerprint density at radius 1 is 0.971 bits per heavy atom. The fourth-order valence-electron chi connectivity index (χ4n) is 5.62. The van der Waals surface area contributed by atoms with Crippen molar-refractivity contribution in [1.29, 1.82) is 0 Å². The van der Waals surface area contributed by atoms with Gasteiger partial charge in [0.1, 0.15) is 0 Å². The average molecular weight is 463 g/mol. The number of aryl methyl sites for hydroxylation is 1. The van der Waals surface area contributed by atoms with E-state index in [1.54, 1.807) is 0 Å². The maximum Gasteiger partial charge on any atom is 0.253 e. The lowest BCUT2D eigenvalue weighted by molar-refractivity contribution is 0.0950. The molecule has 6 nitrogen and oxygen atoms in total. The molecule has 1 aromatic carbocycles. The van der Waals surface area contributed by atoms with E-state index in [0.717, 1.165) is 23.4 Å². The maximum atomic E-state index is 13.3. The van der Waals surface area contributed by atoms with Crippen molar-refractivity contribution in [3.63, 3.8) is 0 Å². The van der Waals surface area contributed by atoms with E-state index in [-0.39, 0.29) is 18.0 Å². The van der Waals surface area contributed by atoms with Gasteiger partial charge in [0.25, 0.3) is 11.5 Å². The summed E-state index contributed by atoms with van der Waals surface area (Å²) in [5.41, 5.74) is 5.26. The highest BCUT2D eigenvalue weighted by atomic mass is 16.1. The van der Waals surface area contributed by atoms with Crippen molar-refractivity contribution in [2.24, 2.45) is 0 Å². The van der Waals surface area contributed by atoms with Gasteiger partial charge in [-0.25, -0.2) is 0 Å². The Bertz CT molecular complexity index is 1110. The molecule has 0 bridgehead atoms. The molecule has 0 spiro atoms. The number of amides is 1. The Labute approximate surface area is 203 Å². The molecule has 0 saturated heterocycles. The van der Waals surface area contributed by atoms with E-state index in [9.17, 15) is 9.59 Å². The van der Waals surface area contributed by atoms with E-state index in [4.69, 9.17) is 0 Å². The highest BCUT2D eigenvalue weighted by Crippen LogP contribution is 2.33. The SMILES string of the molecule is CCN(c1cccc2c1C/C=C\Cc1cc(C)[nH]c(=O)c1CNC2=O)C1CCC(N(C)C)CC1. The zero-order valence-electron chi connectivity index (χ0n) is 21.0. The first-order chi connectivity index (χ1) is 16.4. The molecule has 2 N–H and O–H groups in total. The van der Waals surface area contributed by atoms with Gasteiger partial charge in [-0.1, -0.05) is 18.2 Å². The third kappa shape index (κ3) is 5.12. The quantitative estimate of drug-likeness (QED) is 0.675. The third-order valence-corrected chi connectivity index (χ3v) is 7.50. The number of anilines is 1. The zero-order chi connectivity index (χ0) is 24.2. The largest absolute Gasteiger partial charge is 0.369 e. The molecule has 2 aliphatic rings. The van der Waals surface area contributed by atoms with Crippen molar-refractivity contribution in [3.05, 3.63) is 74.7 Å². The Balaban J connectivity index is 1.65. The minimum absolute atomic E-state index is 0.120. The first-order valence-electron chi connectivity index (χ1n) is 12.6. The summed E-state index contributed by atoms with van der Waals surface area (Å²) in [6.07, 6.45) is 10.4. The molecule has 0 unspecified atom stereocenters. The first kappa shape index (κ1) is 24.3. The van der Waals surface area contributed by atoms with Crippen LogP contribution in [0.1, 0.15) is 65.3 Å². The van der Waals surface area contributed by atoms with Gasteiger partial charge in [-0.15, -0.1) is 0 Å². The minimum Gasteiger partial charge on any atom is -0.369 e. The molecule has 182 valence electrons. The van der Waals surface area contributed by atoms with Crippen LogP contribution >= 0.6 is 0 Å². The molecule has 1 aromatic heterocycles. The molecule has 0 atom stereocenters. The Morgan fingerprint density at radius 3 is 2.38 bits per heavy atom. The highest BCUT2D eigenvalue weighted by Gasteiger charge is 2.28. The van der Waals surface area contributed by atoms with Crippen molar-refractivity contribution >= 4 is 11.6 Å². The fourth-order valence-corrected chi connectivity index (χ4v) is 5.62. The topological polar surface area (TPSA) is 68.4 Å². The number of aromatic nitrogens is 1. The number of carbonyl (C=O) groups is 1. The number of nitrogens with one attached hydrogen (secondary N) is 2. The van der Waals surface area contributed by atoms with Gasteiger partial charge in [0, 0.05) is 47.7 Å². The fraction of sp³-hybridized carbons (Fsp3) is 0.500. The van der Waals surface area contributed by atoms with Crippen LogP contribution in [0.3, 0.4) is 0 Å². The Hall–Kier alpha value is -2.86. The first-order valence-corrected chi connectivity index (χ1v) is 12.6. The van der Waals surface area contributed by atoms with Gasteiger partial charge in [-0.3, -0.25) is 9.59 Å². The number of aromatic amines is 1. The summed E-state index contributed by atoms with van der Waals surface area (Å²) >= 11 is 0. The molecule has 1 aliphatic heterocycles. The second-order valence-electron chi connectivity index (χ2n) is 9.86. The van der Waals surface area contributed by atoms with Gasteiger partial charge in [-0.05, 0) is 95.8 Å². The van der Waals surface area contributed by atoms with Gasteiger partial charge >= 0.3 is 0 Å². The number of benzene rings is 1. The lowest BCUT2D eigenvalue weighted by atomic mass is 9.88. The summed E-state index contributed by atoms with van der Waals surface area (Å²) in [6, 6.07) is 9.23. The van der Waals surface area contributed by atoms with Crippen molar-refractivity contribution in [3.8, 4) is 0 Å². The number of H-pyrrole nitrogens is 1. The van der Waals surface area contributed by atoms with E-state index in [0.29, 0.717) is 36.1 Å². The lowest BCUT2D eigenvalue weighted by Gasteiger charge is -2.40. The molecule has 1 aliphatic carbocycles. The van der Waals surface area contributed by atoms with Gasteiger partial charge in [-0.2, -0.15) is 0 Å². The number of hydrogen-bond acceptors (Lipinski definition) is 4. The van der Waals surface area contributed by atoms with Crippen LogP contribution in [0.5, 0.6) is 0 Å². The Morgan fingerprint density at radius 2 is 1.68 bits per heavy atom. The molecule has 1 saturated carbocycles. The van der Waals surface area contributed by atoms with Gasteiger partial charge in [0.2, 0.25) is 0 Å². The van der Waals surface area contributed by atoms with Crippen LogP contribution in [0, 0.1) is 6.92 Å². The number of rotatable bonds is 4. The number of fused-ring (bicyclic) bond motifs is 2. The molecular formula is C28H38N4O2. The predicted molar refractivity (Wildman–Crippen MR) is 139 cm³/mol. The molecule has 1 fully saturated rings. The number of hydrogen-bond donors (Lipinski definition) is 2. The summed E-state index contributed by atoms with van der Waals surface area (Å²) in [4.78, 5) is 33.6. The molecule has 6 heteroatoms. The lowest BCUT2D eigenvalue weighted by Crippen LogP contribution is -2.42. The smallest absolute Gasteiger partial charge is 0.253 e. The standard InChI is InChI=1S/C28H38N4O2/c1-5-32(22-15-13-21(14-16-22)31(3)4)26-12-8-11-24-23(26)10-7-6-9-20-17-19(2)30-28(34)25(20)18-29-27(24)33/h6-8,11-12,17,21-22H,5,9-10,13-16,18H2,1-4H3,(H,29,33)(H,30,34)/b7-6-. The highest BCUT2D eigenvalue weighted by molar-refractivity contribution is 5.97. The van der Waals surface area contributed by atoms with E-state index in [1.165, 1.54) is 31.4 Å². The van der Waals surface area contributed by atoms with Crippen LogP contribution in [-0.2, 0) is 19.4 Å². The van der Waals surface area contributed by atoms with Crippen molar-refractivity contribution in [2.75, 3.05) is 25.5 Å². The normalized spacial score (nSPS) is 21.7. The molecule has 0 radical (unpaired) electrons. The number of pyridine rings is 1.